The van der Waals surface area contributed by atoms with E-state index in [9.17, 15) is 4.79 Å². The number of oxazole rings is 1. The lowest BCUT2D eigenvalue weighted by Crippen LogP contribution is -2.20. The highest BCUT2D eigenvalue weighted by atomic mass is 35.5. The summed E-state index contributed by atoms with van der Waals surface area (Å²) in [7, 11) is 0. The molecule has 0 radical (unpaired) electrons. The number of fused-ring (bicyclic) bond motifs is 1. The van der Waals surface area contributed by atoms with Crippen molar-refractivity contribution in [2.75, 3.05) is 0 Å². The number of hydrogen-bond acceptors (Lipinski definition) is 4. The first-order chi connectivity index (χ1) is 8.15. The van der Waals surface area contributed by atoms with Crippen molar-refractivity contribution in [3.05, 3.63) is 33.8 Å². The average molecular weight is 253 g/mol. The summed E-state index contributed by atoms with van der Waals surface area (Å²) in [6.45, 7) is 1.85. The number of rotatable bonds is 1. The first-order valence-corrected chi connectivity index (χ1v) is 5.53. The number of aromatic nitrogens is 1. The molecule has 1 aromatic heterocycles. The van der Waals surface area contributed by atoms with Crippen LogP contribution in [0.4, 0.5) is 0 Å². The van der Waals surface area contributed by atoms with Crippen molar-refractivity contribution < 1.29 is 9.25 Å². The van der Waals surface area contributed by atoms with Crippen LogP contribution in [0.5, 0.6) is 0 Å². The van der Waals surface area contributed by atoms with Gasteiger partial charge in [0.05, 0.1) is 11.2 Å². The molecule has 1 unspecified atom stereocenters. The van der Waals surface area contributed by atoms with Crippen molar-refractivity contribution in [2.24, 2.45) is 5.16 Å². The molecule has 6 heteroatoms. The van der Waals surface area contributed by atoms with E-state index in [4.69, 9.17) is 20.9 Å². The van der Waals surface area contributed by atoms with Crippen molar-refractivity contribution in [3.8, 4) is 0 Å². The number of nitrogens with zero attached hydrogens (tertiary/aromatic N) is 2. The molecule has 17 heavy (non-hydrogen) atoms. The van der Waals surface area contributed by atoms with Crippen molar-refractivity contribution in [3.63, 3.8) is 0 Å². The van der Waals surface area contributed by atoms with Crippen LogP contribution < -0.4 is 5.76 Å². The zero-order valence-electron chi connectivity index (χ0n) is 9.01. The minimum atomic E-state index is -0.461. The van der Waals surface area contributed by atoms with Gasteiger partial charge in [-0.1, -0.05) is 16.8 Å². The van der Waals surface area contributed by atoms with Crippen LogP contribution in [0.3, 0.4) is 0 Å². The highest BCUT2D eigenvalue weighted by Gasteiger charge is 2.25. The molecule has 88 valence electrons. The topological polar surface area (TPSA) is 56.7 Å². The van der Waals surface area contributed by atoms with E-state index >= 15 is 0 Å². The highest BCUT2D eigenvalue weighted by Crippen LogP contribution is 2.26. The highest BCUT2D eigenvalue weighted by molar-refractivity contribution is 6.31. The van der Waals surface area contributed by atoms with Crippen LogP contribution in [-0.4, -0.2) is 10.3 Å². The average Bonchev–Trinajstić information content (AvgIpc) is 2.81. The molecular weight excluding hydrogens is 244 g/mol. The van der Waals surface area contributed by atoms with Crippen molar-refractivity contribution >= 4 is 28.4 Å². The summed E-state index contributed by atoms with van der Waals surface area (Å²) in [4.78, 5) is 17.0. The van der Waals surface area contributed by atoms with Crippen LogP contribution in [0.2, 0.25) is 5.02 Å². The number of halogens is 1. The van der Waals surface area contributed by atoms with E-state index in [-0.39, 0.29) is 0 Å². The Kier molecular flexibility index (Phi) is 2.22. The minimum Gasteiger partial charge on any atom is -0.408 e. The maximum Gasteiger partial charge on any atom is 0.423 e. The molecular formula is C11H9ClN2O3. The molecule has 2 aromatic rings. The third-order valence-corrected chi connectivity index (χ3v) is 2.90. The van der Waals surface area contributed by atoms with E-state index in [1.54, 1.807) is 18.2 Å². The van der Waals surface area contributed by atoms with Crippen molar-refractivity contribution in [2.45, 2.75) is 19.6 Å². The van der Waals surface area contributed by atoms with Gasteiger partial charge in [-0.2, -0.15) is 0 Å². The molecule has 0 fully saturated rings. The second-order valence-corrected chi connectivity index (χ2v) is 4.38. The van der Waals surface area contributed by atoms with Gasteiger partial charge in [-0.05, 0) is 25.1 Å². The van der Waals surface area contributed by atoms with Gasteiger partial charge in [0, 0.05) is 11.4 Å². The molecule has 0 saturated carbocycles. The number of oxime groups is 1. The minimum absolute atomic E-state index is 0.442. The van der Waals surface area contributed by atoms with E-state index in [2.05, 4.69) is 5.16 Å². The van der Waals surface area contributed by atoms with E-state index in [0.29, 0.717) is 22.5 Å². The van der Waals surface area contributed by atoms with Crippen molar-refractivity contribution in [1.29, 1.82) is 0 Å². The standard InChI is InChI=1S/C11H9ClN2O3/c1-6-4-10(17-13-6)14-8-5-7(12)2-3-9(8)16-11(14)15/h2-3,5,10H,4H2,1H3. The van der Waals surface area contributed by atoms with Crippen LogP contribution in [0.15, 0.2) is 32.6 Å². The molecule has 0 saturated heterocycles. The smallest absolute Gasteiger partial charge is 0.408 e. The molecule has 1 atom stereocenters. The van der Waals surface area contributed by atoms with Crippen LogP contribution in [-0.2, 0) is 4.84 Å². The fourth-order valence-corrected chi connectivity index (χ4v) is 2.06. The van der Waals surface area contributed by atoms with Crippen molar-refractivity contribution in [1.82, 2.24) is 4.57 Å². The summed E-state index contributed by atoms with van der Waals surface area (Å²) in [6, 6.07) is 5.02. The normalized spacial score (nSPS) is 19.4. The number of hydrogen-bond donors (Lipinski definition) is 0. The summed E-state index contributed by atoms with van der Waals surface area (Å²) >= 11 is 5.91. The zero-order valence-corrected chi connectivity index (χ0v) is 9.77. The van der Waals surface area contributed by atoms with E-state index < -0.39 is 12.0 Å². The van der Waals surface area contributed by atoms with Gasteiger partial charge in [0.15, 0.2) is 5.58 Å². The molecule has 3 rings (SSSR count). The Balaban J connectivity index is 2.18. The van der Waals surface area contributed by atoms with E-state index in [0.717, 1.165) is 5.71 Å². The number of benzene rings is 1. The Morgan fingerprint density at radius 2 is 2.35 bits per heavy atom. The van der Waals surface area contributed by atoms with Gasteiger partial charge in [0.2, 0.25) is 6.23 Å². The lowest BCUT2D eigenvalue weighted by Gasteiger charge is -2.08. The summed E-state index contributed by atoms with van der Waals surface area (Å²) in [5.41, 5.74) is 1.96. The first kappa shape index (κ1) is 10.4. The van der Waals surface area contributed by atoms with E-state index in [1.165, 1.54) is 4.57 Å². The third kappa shape index (κ3) is 1.63. The molecule has 0 aliphatic carbocycles. The second kappa shape index (κ2) is 3.63. The largest absolute Gasteiger partial charge is 0.423 e. The Morgan fingerprint density at radius 3 is 3.06 bits per heavy atom. The van der Waals surface area contributed by atoms with Gasteiger partial charge >= 0.3 is 5.76 Å². The second-order valence-electron chi connectivity index (χ2n) is 3.94. The van der Waals surface area contributed by atoms with Crippen LogP contribution >= 0.6 is 11.6 Å². The lowest BCUT2D eigenvalue weighted by atomic mass is 10.2. The molecule has 0 N–H and O–H groups in total. The third-order valence-electron chi connectivity index (χ3n) is 2.66. The Labute approximate surface area is 101 Å². The first-order valence-electron chi connectivity index (χ1n) is 5.15. The van der Waals surface area contributed by atoms with Gasteiger partial charge in [-0.3, -0.25) is 0 Å². The van der Waals surface area contributed by atoms with Gasteiger partial charge in [-0.25, -0.2) is 9.36 Å². The molecule has 0 bridgehead atoms. The van der Waals surface area contributed by atoms with E-state index in [1.807, 2.05) is 6.92 Å². The predicted molar refractivity (Wildman–Crippen MR) is 63.3 cm³/mol. The Bertz CT molecular complexity index is 671. The van der Waals surface area contributed by atoms with Crippen LogP contribution in [0.25, 0.3) is 11.1 Å². The molecule has 0 spiro atoms. The molecule has 2 heterocycles. The molecule has 0 amide bonds. The maximum absolute atomic E-state index is 11.8. The molecule has 1 aromatic carbocycles. The summed E-state index contributed by atoms with van der Waals surface area (Å²) in [5.74, 6) is -0.461. The summed E-state index contributed by atoms with van der Waals surface area (Å²) < 4.78 is 6.55. The van der Waals surface area contributed by atoms with Gasteiger partial charge in [-0.15, -0.1) is 0 Å². The van der Waals surface area contributed by atoms with Gasteiger partial charge < -0.3 is 9.25 Å². The Hall–Kier alpha value is -1.75. The van der Waals surface area contributed by atoms with Gasteiger partial charge in [0.25, 0.3) is 0 Å². The van der Waals surface area contributed by atoms with Gasteiger partial charge in [0.1, 0.15) is 0 Å². The van der Waals surface area contributed by atoms with Crippen LogP contribution in [0, 0.1) is 0 Å². The zero-order chi connectivity index (χ0) is 12.0. The Morgan fingerprint density at radius 1 is 1.53 bits per heavy atom. The quantitative estimate of drug-likeness (QED) is 0.784. The summed E-state index contributed by atoms with van der Waals surface area (Å²) in [5, 5.41) is 4.37. The maximum atomic E-state index is 11.8. The summed E-state index contributed by atoms with van der Waals surface area (Å²) in [6.07, 6.45) is 0.128. The SMILES string of the molecule is CC1=NOC(n2c(=O)oc3ccc(Cl)cc32)C1. The fraction of sp³-hybridized carbons (Fsp3) is 0.273. The molecule has 1 aliphatic rings. The monoisotopic (exact) mass is 252 g/mol. The molecule has 1 aliphatic heterocycles. The predicted octanol–water partition coefficient (Wildman–Crippen LogP) is 2.54. The van der Waals surface area contributed by atoms with Crippen LogP contribution in [0.1, 0.15) is 19.6 Å². The lowest BCUT2D eigenvalue weighted by molar-refractivity contribution is 0.0304. The molecule has 5 nitrogen and oxygen atoms in total. The fourth-order valence-electron chi connectivity index (χ4n) is 1.90.